The first-order valence-electron chi connectivity index (χ1n) is 7.50. The lowest BCUT2D eigenvalue weighted by Crippen LogP contribution is -2.42. The first-order chi connectivity index (χ1) is 10.4. The van der Waals surface area contributed by atoms with Crippen molar-refractivity contribution in [2.24, 2.45) is 11.7 Å². The molecule has 0 bridgehead atoms. The van der Waals surface area contributed by atoms with E-state index in [1.165, 1.54) is 25.1 Å². The maximum Gasteiger partial charge on any atom is 0.253 e. The molecule has 1 saturated heterocycles. The van der Waals surface area contributed by atoms with Gasteiger partial charge in [0.05, 0.1) is 5.69 Å². The zero-order chi connectivity index (χ0) is 16.3. The lowest BCUT2D eigenvalue weighted by Gasteiger charge is -2.33. The van der Waals surface area contributed by atoms with Gasteiger partial charge in [-0.3, -0.25) is 9.59 Å². The second-order valence-corrected chi connectivity index (χ2v) is 5.86. The van der Waals surface area contributed by atoms with Gasteiger partial charge >= 0.3 is 0 Å². The number of nitrogens with one attached hydrogen (secondary N) is 1. The maximum atomic E-state index is 13.6. The number of anilines is 1. The molecule has 0 aromatic heterocycles. The first-order valence-corrected chi connectivity index (χ1v) is 7.50. The normalized spacial score (nSPS) is 17.2. The van der Waals surface area contributed by atoms with Crippen LogP contribution in [0.3, 0.4) is 0 Å². The van der Waals surface area contributed by atoms with Crippen LogP contribution in [0.4, 0.5) is 10.1 Å². The molecule has 1 aliphatic rings. The number of amides is 2. The molecule has 3 N–H and O–H groups in total. The number of nitrogens with zero attached hydrogens (tertiary/aromatic N) is 1. The summed E-state index contributed by atoms with van der Waals surface area (Å²) < 4.78 is 13.6. The molecule has 1 aromatic carbocycles. The average molecular weight is 307 g/mol. The zero-order valence-corrected chi connectivity index (χ0v) is 12.9. The quantitative estimate of drug-likeness (QED) is 0.896. The minimum atomic E-state index is -0.553. The lowest BCUT2D eigenvalue weighted by molar-refractivity contribution is -0.114. The maximum absolute atomic E-state index is 13.6. The molecule has 22 heavy (non-hydrogen) atoms. The fourth-order valence-electron chi connectivity index (χ4n) is 2.75. The van der Waals surface area contributed by atoms with Crippen LogP contribution in [0, 0.1) is 11.7 Å². The van der Waals surface area contributed by atoms with E-state index in [2.05, 4.69) is 5.32 Å². The van der Waals surface area contributed by atoms with E-state index in [4.69, 9.17) is 5.73 Å². The van der Waals surface area contributed by atoms with Crippen molar-refractivity contribution in [1.82, 2.24) is 4.90 Å². The van der Waals surface area contributed by atoms with E-state index >= 15 is 0 Å². The van der Waals surface area contributed by atoms with Crippen molar-refractivity contribution in [2.75, 3.05) is 18.4 Å². The summed E-state index contributed by atoms with van der Waals surface area (Å²) in [5.41, 5.74) is 6.31. The summed E-state index contributed by atoms with van der Waals surface area (Å²) in [4.78, 5) is 25.3. The Morgan fingerprint density at radius 3 is 2.55 bits per heavy atom. The largest absolute Gasteiger partial charge is 0.339 e. The highest BCUT2D eigenvalue weighted by atomic mass is 19.1. The van der Waals surface area contributed by atoms with Gasteiger partial charge in [0, 0.05) is 31.6 Å². The molecule has 1 heterocycles. The Balaban J connectivity index is 2.08. The molecule has 0 aliphatic carbocycles. The Morgan fingerprint density at radius 1 is 1.36 bits per heavy atom. The summed E-state index contributed by atoms with van der Waals surface area (Å²) in [7, 11) is 0. The van der Waals surface area contributed by atoms with Crippen LogP contribution in [0.1, 0.15) is 37.0 Å². The molecule has 1 fully saturated rings. The summed E-state index contributed by atoms with van der Waals surface area (Å²) in [5, 5.41) is 2.39. The monoisotopic (exact) mass is 307 g/mol. The average Bonchev–Trinajstić information content (AvgIpc) is 2.48. The highest BCUT2D eigenvalue weighted by molar-refractivity contribution is 5.97. The smallest absolute Gasteiger partial charge is 0.253 e. The Hall–Kier alpha value is -1.95. The molecule has 0 spiro atoms. The number of carbonyl (C=O) groups is 2. The van der Waals surface area contributed by atoms with Crippen LogP contribution < -0.4 is 11.1 Å². The lowest BCUT2D eigenvalue weighted by atomic mass is 9.90. The van der Waals surface area contributed by atoms with Crippen molar-refractivity contribution in [1.29, 1.82) is 0 Å². The third-order valence-corrected chi connectivity index (χ3v) is 4.09. The second kappa shape index (κ2) is 6.87. The number of hydrogen-bond donors (Lipinski definition) is 2. The van der Waals surface area contributed by atoms with Crippen LogP contribution in [-0.4, -0.2) is 35.8 Å². The van der Waals surface area contributed by atoms with E-state index in [0.29, 0.717) is 24.6 Å². The van der Waals surface area contributed by atoms with Gasteiger partial charge in [0.1, 0.15) is 5.82 Å². The van der Waals surface area contributed by atoms with Crippen LogP contribution in [0.25, 0.3) is 0 Å². The molecule has 6 heteroatoms. The van der Waals surface area contributed by atoms with E-state index in [-0.39, 0.29) is 23.5 Å². The molecule has 1 aromatic rings. The summed E-state index contributed by atoms with van der Waals surface area (Å²) >= 11 is 0. The van der Waals surface area contributed by atoms with Gasteiger partial charge in [0.25, 0.3) is 5.91 Å². The van der Waals surface area contributed by atoms with Gasteiger partial charge in [0.2, 0.25) is 5.91 Å². The summed E-state index contributed by atoms with van der Waals surface area (Å²) in [5.74, 6) is -0.634. The molecule has 120 valence electrons. The van der Waals surface area contributed by atoms with Crippen molar-refractivity contribution < 1.29 is 14.0 Å². The number of halogens is 1. The molecule has 1 unspecified atom stereocenters. The van der Waals surface area contributed by atoms with Gasteiger partial charge in [-0.2, -0.15) is 0 Å². The van der Waals surface area contributed by atoms with Gasteiger partial charge < -0.3 is 16.0 Å². The molecule has 1 aliphatic heterocycles. The zero-order valence-electron chi connectivity index (χ0n) is 12.9. The van der Waals surface area contributed by atoms with Gasteiger partial charge in [-0.05, 0) is 43.9 Å². The third kappa shape index (κ3) is 3.82. The van der Waals surface area contributed by atoms with Crippen LogP contribution in [0.15, 0.2) is 18.2 Å². The third-order valence-electron chi connectivity index (χ3n) is 4.09. The van der Waals surface area contributed by atoms with E-state index in [9.17, 15) is 14.0 Å². The number of benzene rings is 1. The van der Waals surface area contributed by atoms with Crippen molar-refractivity contribution >= 4 is 17.5 Å². The first kappa shape index (κ1) is 16.4. The molecule has 1 atom stereocenters. The number of piperidine rings is 1. The Morgan fingerprint density at radius 2 is 2.00 bits per heavy atom. The Labute approximate surface area is 129 Å². The van der Waals surface area contributed by atoms with Crippen molar-refractivity contribution in [3.63, 3.8) is 0 Å². The number of carbonyl (C=O) groups excluding carboxylic acids is 2. The van der Waals surface area contributed by atoms with Crippen LogP contribution in [0.2, 0.25) is 0 Å². The number of nitrogens with two attached hydrogens (primary N) is 1. The van der Waals surface area contributed by atoms with E-state index in [1.54, 1.807) is 4.90 Å². The predicted molar refractivity (Wildman–Crippen MR) is 83.0 cm³/mol. The van der Waals surface area contributed by atoms with Crippen molar-refractivity contribution in [3.8, 4) is 0 Å². The molecule has 5 nitrogen and oxygen atoms in total. The van der Waals surface area contributed by atoms with Gasteiger partial charge in [0.15, 0.2) is 0 Å². The molecule has 0 radical (unpaired) electrons. The molecule has 2 amide bonds. The van der Waals surface area contributed by atoms with Crippen molar-refractivity contribution in [2.45, 2.75) is 32.7 Å². The highest BCUT2D eigenvalue weighted by Crippen LogP contribution is 2.23. The standard InChI is InChI=1S/C16H22FN3O2/c1-10(18)12-5-7-20(8-6-12)16(22)13-3-4-14(17)15(9-13)19-11(2)21/h3-4,9-10,12H,5-8,18H2,1-2H3,(H,19,21). The topological polar surface area (TPSA) is 75.4 Å². The van der Waals surface area contributed by atoms with Gasteiger partial charge in [-0.1, -0.05) is 0 Å². The fraction of sp³-hybridized carbons (Fsp3) is 0.500. The van der Waals surface area contributed by atoms with Crippen LogP contribution in [0.5, 0.6) is 0 Å². The molecule has 0 saturated carbocycles. The second-order valence-electron chi connectivity index (χ2n) is 5.86. The molecular formula is C16H22FN3O2. The Bertz CT molecular complexity index is 567. The minimum Gasteiger partial charge on any atom is -0.339 e. The highest BCUT2D eigenvalue weighted by Gasteiger charge is 2.25. The number of likely N-dealkylation sites (tertiary alicyclic amines) is 1. The summed E-state index contributed by atoms with van der Waals surface area (Å²) in [6.45, 7) is 4.59. The van der Waals surface area contributed by atoms with Crippen molar-refractivity contribution in [3.05, 3.63) is 29.6 Å². The Kier molecular flexibility index (Phi) is 5.13. The van der Waals surface area contributed by atoms with Crippen LogP contribution >= 0.6 is 0 Å². The van der Waals surface area contributed by atoms with Gasteiger partial charge in [-0.15, -0.1) is 0 Å². The van der Waals surface area contributed by atoms with E-state index in [1.807, 2.05) is 6.92 Å². The SMILES string of the molecule is CC(=O)Nc1cc(C(=O)N2CCC(C(C)N)CC2)ccc1F. The van der Waals surface area contributed by atoms with E-state index in [0.717, 1.165) is 12.8 Å². The van der Waals surface area contributed by atoms with E-state index < -0.39 is 5.82 Å². The minimum absolute atomic E-state index is 0.0313. The number of hydrogen-bond acceptors (Lipinski definition) is 3. The molecule has 2 rings (SSSR count). The van der Waals surface area contributed by atoms with Crippen LogP contribution in [-0.2, 0) is 4.79 Å². The summed E-state index contributed by atoms with van der Waals surface area (Å²) in [6, 6.07) is 4.17. The van der Waals surface area contributed by atoms with Gasteiger partial charge in [-0.25, -0.2) is 4.39 Å². The fourth-order valence-corrected chi connectivity index (χ4v) is 2.75. The number of rotatable bonds is 3. The summed E-state index contributed by atoms with van der Waals surface area (Å²) in [6.07, 6.45) is 1.76. The predicted octanol–water partition coefficient (Wildman–Crippen LogP) is 1.98. The molecular weight excluding hydrogens is 285 g/mol.